The molecular weight excluding hydrogens is 285 g/mol. The second kappa shape index (κ2) is 7.99. The van der Waals surface area contributed by atoms with Crippen molar-refractivity contribution in [3.63, 3.8) is 0 Å². The minimum atomic E-state index is -4.36. The van der Waals surface area contributed by atoms with Gasteiger partial charge in [-0.15, -0.1) is 0 Å². The summed E-state index contributed by atoms with van der Waals surface area (Å²) < 4.78 is 39.9. The molecule has 0 aliphatic carbocycles. The molecule has 2 N–H and O–H groups in total. The highest BCUT2D eigenvalue weighted by molar-refractivity contribution is 5.90. The fraction of sp³-hybridized carbons (Fsp3) is 0.500. The van der Waals surface area contributed by atoms with Gasteiger partial charge in [0.1, 0.15) is 6.61 Å². The highest BCUT2D eigenvalue weighted by Crippen LogP contribution is 2.16. The van der Waals surface area contributed by atoms with Gasteiger partial charge >= 0.3 is 6.18 Å². The van der Waals surface area contributed by atoms with Crippen LogP contribution in [0.15, 0.2) is 24.3 Å². The Morgan fingerprint density at radius 1 is 1.29 bits per heavy atom. The Hall–Kier alpha value is -1.60. The lowest BCUT2D eigenvalue weighted by atomic mass is 10.1. The van der Waals surface area contributed by atoms with E-state index in [0.29, 0.717) is 5.69 Å². The molecule has 0 bridgehead atoms. The lowest BCUT2D eigenvalue weighted by Crippen LogP contribution is -2.20. The van der Waals surface area contributed by atoms with Gasteiger partial charge in [-0.25, -0.2) is 0 Å². The minimum absolute atomic E-state index is 0.120. The molecule has 0 radical (unpaired) electrons. The van der Waals surface area contributed by atoms with E-state index < -0.39 is 12.8 Å². The highest BCUT2D eigenvalue weighted by atomic mass is 19.4. The molecule has 7 heteroatoms. The predicted octanol–water partition coefficient (Wildman–Crippen LogP) is 2.87. The number of ether oxygens (including phenoxy) is 1. The van der Waals surface area contributed by atoms with Crippen LogP contribution in [0, 0.1) is 0 Å². The predicted molar refractivity (Wildman–Crippen MR) is 74.0 cm³/mol. The Labute approximate surface area is 121 Å². The van der Waals surface area contributed by atoms with Gasteiger partial charge in [0.2, 0.25) is 5.91 Å². The lowest BCUT2D eigenvalue weighted by molar-refractivity contribution is -0.174. The molecule has 0 aliphatic rings. The van der Waals surface area contributed by atoms with Gasteiger partial charge in [0.25, 0.3) is 0 Å². The molecule has 0 spiro atoms. The zero-order valence-corrected chi connectivity index (χ0v) is 12.0. The third-order valence-electron chi connectivity index (χ3n) is 2.87. The van der Waals surface area contributed by atoms with Crippen molar-refractivity contribution in [2.24, 2.45) is 0 Å². The molecule has 0 fully saturated rings. The van der Waals surface area contributed by atoms with Gasteiger partial charge < -0.3 is 15.4 Å². The number of benzene rings is 1. The number of halogens is 3. The van der Waals surface area contributed by atoms with Crippen LogP contribution in [-0.2, 0) is 9.53 Å². The summed E-state index contributed by atoms with van der Waals surface area (Å²) in [4.78, 5) is 11.5. The summed E-state index contributed by atoms with van der Waals surface area (Å²) in [5, 5.41) is 5.70. The fourth-order valence-electron chi connectivity index (χ4n) is 1.60. The summed E-state index contributed by atoms with van der Waals surface area (Å²) in [6, 6.07) is 7.44. The van der Waals surface area contributed by atoms with Crippen LogP contribution in [0.5, 0.6) is 0 Å². The summed E-state index contributed by atoms with van der Waals surface area (Å²) in [5.74, 6) is -0.383. The van der Waals surface area contributed by atoms with E-state index in [4.69, 9.17) is 0 Å². The number of rotatable bonds is 7. The van der Waals surface area contributed by atoms with Crippen molar-refractivity contribution >= 4 is 11.6 Å². The van der Waals surface area contributed by atoms with E-state index in [2.05, 4.69) is 15.4 Å². The molecule has 1 aromatic rings. The summed E-state index contributed by atoms with van der Waals surface area (Å²) in [6.07, 6.45) is -4.49. The highest BCUT2D eigenvalue weighted by Gasteiger charge is 2.27. The monoisotopic (exact) mass is 304 g/mol. The third-order valence-corrected chi connectivity index (χ3v) is 2.87. The summed E-state index contributed by atoms with van der Waals surface area (Å²) in [5.41, 5.74) is 1.67. The van der Waals surface area contributed by atoms with Crippen LogP contribution in [0.2, 0.25) is 0 Å². The Balaban J connectivity index is 2.34. The van der Waals surface area contributed by atoms with Crippen LogP contribution >= 0.6 is 0 Å². The van der Waals surface area contributed by atoms with Crippen molar-refractivity contribution < 1.29 is 22.7 Å². The van der Waals surface area contributed by atoms with E-state index in [0.717, 1.165) is 5.56 Å². The fourth-order valence-corrected chi connectivity index (χ4v) is 1.60. The molecule has 1 unspecified atom stereocenters. The zero-order valence-electron chi connectivity index (χ0n) is 12.0. The first-order chi connectivity index (χ1) is 9.81. The van der Waals surface area contributed by atoms with E-state index >= 15 is 0 Å². The first-order valence-corrected chi connectivity index (χ1v) is 6.53. The lowest BCUT2D eigenvalue weighted by Gasteiger charge is -2.12. The van der Waals surface area contributed by atoms with Crippen LogP contribution in [0.3, 0.4) is 0 Å². The van der Waals surface area contributed by atoms with E-state index in [9.17, 15) is 18.0 Å². The summed E-state index contributed by atoms with van der Waals surface area (Å²) >= 11 is 0. The minimum Gasteiger partial charge on any atom is -0.372 e. The van der Waals surface area contributed by atoms with Crippen molar-refractivity contribution in [2.75, 3.05) is 25.6 Å². The molecule has 4 nitrogen and oxygen atoms in total. The molecule has 1 aromatic carbocycles. The van der Waals surface area contributed by atoms with Crippen LogP contribution in [0.25, 0.3) is 0 Å². The second-order valence-corrected chi connectivity index (χ2v) is 4.60. The van der Waals surface area contributed by atoms with Crippen molar-refractivity contribution in [1.29, 1.82) is 0 Å². The number of hydrogen-bond donors (Lipinski definition) is 2. The van der Waals surface area contributed by atoms with Gasteiger partial charge in [-0.1, -0.05) is 12.1 Å². The van der Waals surface area contributed by atoms with Crippen LogP contribution in [-0.4, -0.2) is 32.3 Å². The Kier molecular flexibility index (Phi) is 6.64. The van der Waals surface area contributed by atoms with Gasteiger partial charge in [0.15, 0.2) is 0 Å². The normalized spacial score (nSPS) is 13.0. The first kappa shape index (κ1) is 17.5. The van der Waals surface area contributed by atoms with Crippen LogP contribution in [0.4, 0.5) is 18.9 Å². The average Bonchev–Trinajstić information content (AvgIpc) is 2.42. The van der Waals surface area contributed by atoms with Gasteiger partial charge in [-0.05, 0) is 31.7 Å². The van der Waals surface area contributed by atoms with Gasteiger partial charge in [-0.3, -0.25) is 4.79 Å². The molecule has 0 saturated heterocycles. The zero-order chi connectivity index (χ0) is 15.9. The van der Waals surface area contributed by atoms with E-state index in [1.807, 2.05) is 26.1 Å². The van der Waals surface area contributed by atoms with E-state index in [1.165, 1.54) is 0 Å². The number of carbonyl (C=O) groups is 1. The maximum Gasteiger partial charge on any atom is 0.411 e. The van der Waals surface area contributed by atoms with Crippen LogP contribution < -0.4 is 10.6 Å². The molecule has 0 saturated carbocycles. The number of amides is 1. The van der Waals surface area contributed by atoms with Gasteiger partial charge in [0.05, 0.1) is 13.0 Å². The number of carbonyl (C=O) groups excluding carboxylic acids is 1. The molecule has 0 heterocycles. The quantitative estimate of drug-likeness (QED) is 0.762. The maximum atomic E-state index is 11.8. The molecular formula is C14H19F3N2O2. The molecule has 0 aliphatic heterocycles. The summed E-state index contributed by atoms with van der Waals surface area (Å²) in [7, 11) is 1.85. The summed E-state index contributed by atoms with van der Waals surface area (Å²) in [6.45, 7) is 0.405. The van der Waals surface area contributed by atoms with Crippen LogP contribution in [0.1, 0.15) is 24.9 Å². The standard InChI is InChI=1S/C14H19F3N2O2/c1-10(18-2)11-3-5-12(6-4-11)19-13(20)7-8-21-9-14(15,16)17/h3-6,10,18H,7-9H2,1-2H3,(H,19,20). The number of hydrogen-bond acceptors (Lipinski definition) is 3. The van der Waals surface area contributed by atoms with E-state index in [-0.39, 0.29) is 25.0 Å². The number of alkyl halides is 3. The third kappa shape index (κ3) is 7.10. The number of nitrogens with one attached hydrogen (secondary N) is 2. The smallest absolute Gasteiger partial charge is 0.372 e. The SMILES string of the molecule is CNC(C)c1ccc(NC(=O)CCOCC(F)(F)F)cc1. The van der Waals surface area contributed by atoms with Gasteiger partial charge in [-0.2, -0.15) is 13.2 Å². The van der Waals surface area contributed by atoms with Crippen molar-refractivity contribution in [3.8, 4) is 0 Å². The Morgan fingerprint density at radius 2 is 1.90 bits per heavy atom. The molecule has 21 heavy (non-hydrogen) atoms. The Morgan fingerprint density at radius 3 is 2.43 bits per heavy atom. The largest absolute Gasteiger partial charge is 0.411 e. The molecule has 1 atom stereocenters. The second-order valence-electron chi connectivity index (χ2n) is 4.60. The van der Waals surface area contributed by atoms with Crippen molar-refractivity contribution in [2.45, 2.75) is 25.6 Å². The average molecular weight is 304 g/mol. The molecule has 1 rings (SSSR count). The molecule has 0 aromatic heterocycles. The molecule has 1 amide bonds. The van der Waals surface area contributed by atoms with Crippen molar-refractivity contribution in [3.05, 3.63) is 29.8 Å². The number of anilines is 1. The van der Waals surface area contributed by atoms with Crippen molar-refractivity contribution in [1.82, 2.24) is 5.32 Å². The first-order valence-electron chi connectivity index (χ1n) is 6.53. The van der Waals surface area contributed by atoms with E-state index in [1.54, 1.807) is 12.1 Å². The Bertz CT molecular complexity index is 447. The van der Waals surface area contributed by atoms with Gasteiger partial charge in [0, 0.05) is 11.7 Å². The maximum absolute atomic E-state index is 11.8. The topological polar surface area (TPSA) is 50.4 Å². The molecule has 118 valence electrons.